The highest BCUT2D eigenvalue weighted by molar-refractivity contribution is 5.75. The van der Waals surface area contributed by atoms with Gasteiger partial charge in [-0.25, -0.2) is 4.79 Å². The van der Waals surface area contributed by atoms with E-state index in [9.17, 15) is 9.90 Å². The Kier molecular flexibility index (Phi) is 10.5. The van der Waals surface area contributed by atoms with Crippen molar-refractivity contribution in [2.24, 2.45) is 0 Å². The van der Waals surface area contributed by atoms with Gasteiger partial charge in [-0.1, -0.05) is 64.7 Å². The van der Waals surface area contributed by atoms with Crippen LogP contribution in [0.4, 0.5) is 4.79 Å². The third-order valence-electron chi connectivity index (χ3n) is 5.33. The summed E-state index contributed by atoms with van der Waals surface area (Å²) in [5, 5.41) is 13.2. The SMILES string of the molecule is CCCCCCCCCCN(C(=O)NC1CCCCC1O)C(C)(C)C. The Morgan fingerprint density at radius 2 is 1.56 bits per heavy atom. The lowest BCUT2D eigenvalue weighted by Crippen LogP contribution is -2.55. The van der Waals surface area contributed by atoms with Crippen molar-refractivity contribution in [3.05, 3.63) is 0 Å². The van der Waals surface area contributed by atoms with Crippen LogP contribution in [0.3, 0.4) is 0 Å². The van der Waals surface area contributed by atoms with Gasteiger partial charge in [-0.15, -0.1) is 0 Å². The predicted molar refractivity (Wildman–Crippen MR) is 106 cm³/mol. The minimum absolute atomic E-state index is 0.0126. The number of carbonyl (C=O) groups excluding carboxylic acids is 1. The van der Waals surface area contributed by atoms with Crippen molar-refractivity contribution < 1.29 is 9.90 Å². The van der Waals surface area contributed by atoms with Gasteiger partial charge in [0.05, 0.1) is 12.1 Å². The van der Waals surface area contributed by atoms with Crippen LogP contribution in [0.5, 0.6) is 0 Å². The highest BCUT2D eigenvalue weighted by Gasteiger charge is 2.30. The number of carbonyl (C=O) groups is 1. The molecule has 0 heterocycles. The quantitative estimate of drug-likeness (QED) is 0.527. The summed E-state index contributed by atoms with van der Waals surface area (Å²) in [6.07, 6.45) is 13.7. The molecule has 4 nitrogen and oxygen atoms in total. The summed E-state index contributed by atoms with van der Waals surface area (Å²) in [4.78, 5) is 14.7. The van der Waals surface area contributed by atoms with Crippen LogP contribution in [0.15, 0.2) is 0 Å². The Bertz CT molecular complexity index is 365. The molecular formula is C21H42N2O2. The molecule has 148 valence electrons. The molecule has 1 rings (SSSR count). The zero-order chi connectivity index (χ0) is 18.7. The molecule has 1 fully saturated rings. The lowest BCUT2D eigenvalue weighted by molar-refractivity contribution is 0.0824. The summed E-state index contributed by atoms with van der Waals surface area (Å²) >= 11 is 0. The van der Waals surface area contributed by atoms with Gasteiger partial charge in [-0.05, 0) is 40.0 Å². The van der Waals surface area contributed by atoms with Gasteiger partial charge in [-0.3, -0.25) is 0 Å². The second-order valence-electron chi connectivity index (χ2n) is 8.71. The zero-order valence-electron chi connectivity index (χ0n) is 17.1. The maximum absolute atomic E-state index is 12.7. The number of hydrogen-bond acceptors (Lipinski definition) is 2. The summed E-state index contributed by atoms with van der Waals surface area (Å²) in [5.41, 5.74) is -0.190. The van der Waals surface area contributed by atoms with E-state index >= 15 is 0 Å². The fourth-order valence-electron chi connectivity index (χ4n) is 3.66. The van der Waals surface area contributed by atoms with Crippen molar-refractivity contribution in [1.29, 1.82) is 0 Å². The molecule has 4 heteroatoms. The highest BCUT2D eigenvalue weighted by atomic mass is 16.3. The molecule has 0 saturated heterocycles. The van der Waals surface area contributed by atoms with Crippen LogP contribution in [0.1, 0.15) is 105 Å². The van der Waals surface area contributed by atoms with E-state index in [4.69, 9.17) is 0 Å². The van der Waals surface area contributed by atoms with Crippen LogP contribution >= 0.6 is 0 Å². The number of nitrogens with one attached hydrogen (secondary N) is 1. The number of nitrogens with zero attached hydrogens (tertiary/aromatic N) is 1. The van der Waals surface area contributed by atoms with E-state index in [0.29, 0.717) is 0 Å². The Balaban J connectivity index is 2.34. The Labute approximate surface area is 155 Å². The minimum Gasteiger partial charge on any atom is -0.391 e. The Hall–Kier alpha value is -0.770. The molecule has 0 aromatic rings. The van der Waals surface area contributed by atoms with Crippen molar-refractivity contribution in [2.75, 3.05) is 6.54 Å². The van der Waals surface area contributed by atoms with E-state index in [1.54, 1.807) is 0 Å². The Morgan fingerprint density at radius 1 is 1.00 bits per heavy atom. The number of rotatable bonds is 10. The fourth-order valence-corrected chi connectivity index (χ4v) is 3.66. The zero-order valence-corrected chi connectivity index (χ0v) is 17.1. The summed E-state index contributed by atoms with van der Waals surface area (Å²) in [5.74, 6) is 0. The molecule has 0 aromatic heterocycles. The predicted octanol–water partition coefficient (Wildman–Crippen LogP) is 5.24. The molecule has 2 N–H and O–H groups in total. The van der Waals surface area contributed by atoms with Crippen LogP contribution in [-0.2, 0) is 0 Å². The monoisotopic (exact) mass is 354 g/mol. The fraction of sp³-hybridized carbons (Fsp3) is 0.952. The molecule has 0 bridgehead atoms. The van der Waals surface area contributed by atoms with Crippen molar-refractivity contribution >= 4 is 6.03 Å². The van der Waals surface area contributed by atoms with Gasteiger partial charge in [0.2, 0.25) is 0 Å². The van der Waals surface area contributed by atoms with Crippen LogP contribution in [0.25, 0.3) is 0 Å². The normalized spacial score (nSPS) is 21.2. The lowest BCUT2D eigenvalue weighted by Gasteiger charge is -2.38. The van der Waals surface area contributed by atoms with E-state index in [0.717, 1.165) is 38.6 Å². The molecule has 1 aliphatic rings. The molecule has 0 aliphatic heterocycles. The van der Waals surface area contributed by atoms with E-state index < -0.39 is 0 Å². The van der Waals surface area contributed by atoms with E-state index in [1.165, 1.54) is 44.9 Å². The van der Waals surface area contributed by atoms with Gasteiger partial charge in [-0.2, -0.15) is 0 Å². The van der Waals surface area contributed by atoms with Crippen LogP contribution in [0, 0.1) is 0 Å². The van der Waals surface area contributed by atoms with Gasteiger partial charge < -0.3 is 15.3 Å². The van der Waals surface area contributed by atoms with Gasteiger partial charge in [0, 0.05) is 12.1 Å². The topological polar surface area (TPSA) is 52.6 Å². The van der Waals surface area contributed by atoms with Crippen molar-refractivity contribution in [3.63, 3.8) is 0 Å². The maximum atomic E-state index is 12.7. The van der Waals surface area contributed by atoms with Crippen molar-refractivity contribution in [1.82, 2.24) is 10.2 Å². The van der Waals surface area contributed by atoms with E-state index in [1.807, 2.05) is 4.90 Å². The first kappa shape index (κ1) is 22.3. The Morgan fingerprint density at radius 3 is 2.12 bits per heavy atom. The van der Waals surface area contributed by atoms with Gasteiger partial charge >= 0.3 is 6.03 Å². The van der Waals surface area contributed by atoms with E-state index in [-0.39, 0.29) is 23.7 Å². The van der Waals surface area contributed by atoms with Gasteiger partial charge in [0.25, 0.3) is 0 Å². The largest absolute Gasteiger partial charge is 0.391 e. The molecule has 2 amide bonds. The van der Waals surface area contributed by atoms with Crippen molar-refractivity contribution in [3.8, 4) is 0 Å². The molecule has 2 atom stereocenters. The number of hydrogen-bond donors (Lipinski definition) is 2. The molecule has 1 aliphatic carbocycles. The number of urea groups is 1. The number of amides is 2. The molecule has 0 aromatic carbocycles. The second kappa shape index (κ2) is 11.8. The first-order valence-electron chi connectivity index (χ1n) is 10.6. The number of aliphatic hydroxyl groups is 1. The van der Waals surface area contributed by atoms with Crippen LogP contribution < -0.4 is 5.32 Å². The minimum atomic E-state index is -0.386. The molecule has 0 spiro atoms. The molecular weight excluding hydrogens is 312 g/mol. The molecule has 2 unspecified atom stereocenters. The molecule has 1 saturated carbocycles. The summed E-state index contributed by atoms with van der Waals surface area (Å²) in [6, 6.07) is -0.0916. The van der Waals surface area contributed by atoms with Crippen LogP contribution in [-0.4, -0.2) is 40.3 Å². The average molecular weight is 355 g/mol. The number of unbranched alkanes of at least 4 members (excludes halogenated alkanes) is 7. The molecule has 25 heavy (non-hydrogen) atoms. The number of aliphatic hydroxyl groups excluding tert-OH is 1. The average Bonchev–Trinajstić information content (AvgIpc) is 2.54. The van der Waals surface area contributed by atoms with Gasteiger partial charge in [0.15, 0.2) is 0 Å². The highest BCUT2D eigenvalue weighted by Crippen LogP contribution is 2.21. The smallest absolute Gasteiger partial charge is 0.318 e. The van der Waals surface area contributed by atoms with Gasteiger partial charge in [0.1, 0.15) is 0 Å². The first-order valence-corrected chi connectivity index (χ1v) is 10.6. The van der Waals surface area contributed by atoms with Crippen LogP contribution in [0.2, 0.25) is 0 Å². The second-order valence-corrected chi connectivity index (χ2v) is 8.71. The maximum Gasteiger partial charge on any atom is 0.318 e. The van der Waals surface area contributed by atoms with Crippen molar-refractivity contribution in [2.45, 2.75) is 122 Å². The van der Waals surface area contributed by atoms with E-state index in [2.05, 4.69) is 33.0 Å². The standard InChI is InChI=1S/C21H42N2O2/c1-5-6-7-8-9-10-11-14-17-23(21(2,3)4)20(25)22-18-15-12-13-16-19(18)24/h18-19,24H,5-17H2,1-4H3,(H,22,25). The lowest BCUT2D eigenvalue weighted by atomic mass is 9.92. The third kappa shape index (κ3) is 8.94. The summed E-state index contributed by atoms with van der Waals surface area (Å²) < 4.78 is 0. The molecule has 0 radical (unpaired) electrons. The third-order valence-corrected chi connectivity index (χ3v) is 5.33. The summed E-state index contributed by atoms with van der Waals surface area (Å²) in [6.45, 7) is 9.32. The summed E-state index contributed by atoms with van der Waals surface area (Å²) in [7, 11) is 0. The first-order chi connectivity index (χ1) is 11.9.